The highest BCUT2D eigenvalue weighted by Crippen LogP contribution is 2.29. The van der Waals surface area contributed by atoms with Gasteiger partial charge in [0.1, 0.15) is 6.61 Å². The maximum atomic E-state index is 12.2. The second kappa shape index (κ2) is 8.99. The first-order valence-corrected chi connectivity index (χ1v) is 9.49. The Kier molecular flexibility index (Phi) is 7.23. The Morgan fingerprint density at radius 1 is 1.35 bits per heavy atom. The molecule has 1 N–H and O–H groups in total. The minimum atomic E-state index is -4.30. The van der Waals surface area contributed by atoms with Crippen molar-refractivity contribution in [2.45, 2.75) is 37.9 Å². The van der Waals surface area contributed by atoms with Gasteiger partial charge in [0.2, 0.25) is 0 Å². The van der Waals surface area contributed by atoms with Gasteiger partial charge in [-0.05, 0) is 25.0 Å². The number of thioether (sulfide) groups is 1. The molecular formula is C18H26F3N3OS. The van der Waals surface area contributed by atoms with E-state index in [1.54, 1.807) is 13.1 Å². The standard InChI is InChI=1S/C18H26F3N3OS/c1-17(2)12-24(7-8-26-17)16(22-3)23-10-14-5-4-6-15(9-14)11-25-13-18(19,20)21/h4-6,9H,7-8,10-13H2,1-3H3,(H,22,23). The molecular weight excluding hydrogens is 363 g/mol. The van der Waals surface area contributed by atoms with Crippen LogP contribution in [0.1, 0.15) is 25.0 Å². The quantitative estimate of drug-likeness (QED) is 0.616. The number of benzene rings is 1. The fourth-order valence-electron chi connectivity index (χ4n) is 2.82. The Labute approximate surface area is 157 Å². The molecule has 1 aromatic carbocycles. The van der Waals surface area contributed by atoms with Crippen LogP contribution in [0.3, 0.4) is 0 Å². The Balaban J connectivity index is 1.89. The van der Waals surface area contributed by atoms with Crippen LogP contribution in [0.5, 0.6) is 0 Å². The van der Waals surface area contributed by atoms with E-state index in [4.69, 9.17) is 4.74 Å². The summed E-state index contributed by atoms with van der Waals surface area (Å²) in [5, 5.41) is 3.35. The summed E-state index contributed by atoms with van der Waals surface area (Å²) in [5.74, 6) is 1.90. The number of alkyl halides is 3. The summed E-state index contributed by atoms with van der Waals surface area (Å²) in [6, 6.07) is 7.38. The molecule has 1 heterocycles. The molecule has 0 saturated carbocycles. The highest BCUT2D eigenvalue weighted by atomic mass is 32.2. The van der Waals surface area contributed by atoms with Gasteiger partial charge in [-0.2, -0.15) is 24.9 Å². The van der Waals surface area contributed by atoms with Crippen LogP contribution in [0.25, 0.3) is 0 Å². The molecule has 0 aliphatic carbocycles. The van der Waals surface area contributed by atoms with Gasteiger partial charge in [0.05, 0.1) is 6.61 Å². The summed E-state index contributed by atoms with van der Waals surface area (Å²) in [6.45, 7) is 5.58. The molecule has 146 valence electrons. The van der Waals surface area contributed by atoms with E-state index in [2.05, 4.69) is 29.1 Å². The predicted molar refractivity (Wildman–Crippen MR) is 100 cm³/mol. The molecule has 1 aliphatic rings. The zero-order valence-electron chi connectivity index (χ0n) is 15.4. The molecule has 0 aromatic heterocycles. The lowest BCUT2D eigenvalue weighted by Gasteiger charge is -2.39. The highest BCUT2D eigenvalue weighted by Gasteiger charge is 2.29. The minimum Gasteiger partial charge on any atom is -0.367 e. The van der Waals surface area contributed by atoms with Crippen LogP contribution >= 0.6 is 11.8 Å². The van der Waals surface area contributed by atoms with Crippen LogP contribution in [0.4, 0.5) is 13.2 Å². The van der Waals surface area contributed by atoms with Crippen molar-refractivity contribution in [3.8, 4) is 0 Å². The molecule has 26 heavy (non-hydrogen) atoms. The van der Waals surface area contributed by atoms with E-state index in [0.29, 0.717) is 6.54 Å². The molecule has 0 radical (unpaired) electrons. The SMILES string of the molecule is CN=C(NCc1cccc(COCC(F)(F)F)c1)N1CCSC(C)(C)C1. The van der Waals surface area contributed by atoms with Gasteiger partial charge in [-0.25, -0.2) is 0 Å². The minimum absolute atomic E-state index is 0.0559. The second-order valence-electron chi connectivity index (χ2n) is 6.86. The number of hydrogen-bond acceptors (Lipinski definition) is 3. The lowest BCUT2D eigenvalue weighted by molar-refractivity contribution is -0.176. The number of ether oxygens (including phenoxy) is 1. The fraction of sp³-hybridized carbons (Fsp3) is 0.611. The third-order valence-corrected chi connectivity index (χ3v) is 5.21. The number of rotatable bonds is 5. The summed E-state index contributed by atoms with van der Waals surface area (Å²) in [4.78, 5) is 6.61. The lowest BCUT2D eigenvalue weighted by atomic mass is 10.1. The molecule has 2 rings (SSSR count). The monoisotopic (exact) mass is 389 g/mol. The summed E-state index contributed by atoms with van der Waals surface area (Å²) < 4.78 is 41.4. The van der Waals surface area contributed by atoms with Crippen molar-refractivity contribution in [3.63, 3.8) is 0 Å². The van der Waals surface area contributed by atoms with Gasteiger partial charge in [-0.3, -0.25) is 4.99 Å². The molecule has 0 unspecified atom stereocenters. The summed E-state index contributed by atoms with van der Waals surface area (Å²) in [6.07, 6.45) is -4.30. The van der Waals surface area contributed by atoms with Crippen molar-refractivity contribution >= 4 is 17.7 Å². The number of halogens is 3. The van der Waals surface area contributed by atoms with Crippen LogP contribution in [-0.4, -0.2) is 54.3 Å². The van der Waals surface area contributed by atoms with E-state index < -0.39 is 12.8 Å². The maximum Gasteiger partial charge on any atom is 0.411 e. The summed E-state index contributed by atoms with van der Waals surface area (Å²) in [7, 11) is 1.76. The van der Waals surface area contributed by atoms with E-state index in [9.17, 15) is 13.2 Å². The Bertz CT molecular complexity index is 620. The maximum absolute atomic E-state index is 12.2. The van der Waals surface area contributed by atoms with E-state index in [0.717, 1.165) is 35.9 Å². The first kappa shape index (κ1) is 20.9. The smallest absolute Gasteiger partial charge is 0.367 e. The zero-order chi connectivity index (χ0) is 19.2. The molecule has 1 aromatic rings. The topological polar surface area (TPSA) is 36.9 Å². The third kappa shape index (κ3) is 7.07. The fourth-order valence-corrected chi connectivity index (χ4v) is 3.94. The van der Waals surface area contributed by atoms with Gasteiger partial charge < -0.3 is 15.0 Å². The van der Waals surface area contributed by atoms with E-state index in [1.165, 1.54) is 0 Å². The number of hydrogen-bond donors (Lipinski definition) is 1. The van der Waals surface area contributed by atoms with E-state index >= 15 is 0 Å². The van der Waals surface area contributed by atoms with Crippen LogP contribution in [0.2, 0.25) is 0 Å². The average Bonchev–Trinajstić information content (AvgIpc) is 2.54. The van der Waals surface area contributed by atoms with Crippen LogP contribution in [0.15, 0.2) is 29.3 Å². The Morgan fingerprint density at radius 3 is 2.73 bits per heavy atom. The van der Waals surface area contributed by atoms with Gasteiger partial charge >= 0.3 is 6.18 Å². The molecule has 0 bridgehead atoms. The molecule has 8 heteroatoms. The summed E-state index contributed by atoms with van der Waals surface area (Å²) in [5.41, 5.74) is 1.70. The lowest BCUT2D eigenvalue weighted by Crippen LogP contribution is -2.50. The highest BCUT2D eigenvalue weighted by molar-refractivity contribution is 8.00. The van der Waals surface area contributed by atoms with Crippen molar-refractivity contribution in [1.29, 1.82) is 0 Å². The van der Waals surface area contributed by atoms with Crippen molar-refractivity contribution in [3.05, 3.63) is 35.4 Å². The Hall–Kier alpha value is -1.41. The Morgan fingerprint density at radius 2 is 2.08 bits per heavy atom. The number of aliphatic imine (C=N–C) groups is 1. The first-order valence-electron chi connectivity index (χ1n) is 8.50. The largest absolute Gasteiger partial charge is 0.411 e. The summed E-state index contributed by atoms with van der Waals surface area (Å²) >= 11 is 1.96. The molecule has 1 aliphatic heterocycles. The normalized spacial score (nSPS) is 18.1. The molecule has 0 amide bonds. The van der Waals surface area contributed by atoms with Gasteiger partial charge in [-0.1, -0.05) is 24.3 Å². The van der Waals surface area contributed by atoms with Crippen molar-refractivity contribution < 1.29 is 17.9 Å². The average molecular weight is 389 g/mol. The number of nitrogens with one attached hydrogen (secondary N) is 1. The van der Waals surface area contributed by atoms with Crippen LogP contribution in [-0.2, 0) is 17.9 Å². The van der Waals surface area contributed by atoms with Crippen LogP contribution < -0.4 is 5.32 Å². The second-order valence-corrected chi connectivity index (χ2v) is 8.66. The van der Waals surface area contributed by atoms with E-state index in [-0.39, 0.29) is 11.4 Å². The van der Waals surface area contributed by atoms with Gasteiger partial charge in [0.15, 0.2) is 5.96 Å². The van der Waals surface area contributed by atoms with Crippen molar-refractivity contribution in [1.82, 2.24) is 10.2 Å². The molecule has 4 nitrogen and oxygen atoms in total. The van der Waals surface area contributed by atoms with Crippen molar-refractivity contribution in [2.75, 3.05) is 32.5 Å². The zero-order valence-corrected chi connectivity index (χ0v) is 16.2. The van der Waals surface area contributed by atoms with Gasteiger partial charge in [0.25, 0.3) is 0 Å². The van der Waals surface area contributed by atoms with Gasteiger partial charge in [0, 0.05) is 37.2 Å². The first-order chi connectivity index (χ1) is 12.2. The molecule has 0 spiro atoms. The molecule has 0 atom stereocenters. The van der Waals surface area contributed by atoms with Crippen molar-refractivity contribution in [2.24, 2.45) is 4.99 Å². The predicted octanol–water partition coefficient (Wildman–Crippen LogP) is 3.67. The molecule has 1 fully saturated rings. The van der Waals surface area contributed by atoms with Gasteiger partial charge in [-0.15, -0.1) is 0 Å². The number of nitrogens with zero attached hydrogens (tertiary/aromatic N) is 2. The van der Waals surface area contributed by atoms with E-state index in [1.807, 2.05) is 30.0 Å². The molecule has 1 saturated heterocycles. The third-order valence-electron chi connectivity index (χ3n) is 3.91. The van der Waals surface area contributed by atoms with Crippen LogP contribution in [0, 0.1) is 0 Å². The number of guanidine groups is 1.